The zero-order valence-electron chi connectivity index (χ0n) is 22.9. The van der Waals surface area contributed by atoms with E-state index in [9.17, 15) is 9.59 Å². The molecule has 4 aromatic rings. The molecule has 2 heteroatoms. The number of carbonyl (C=O) groups is 2. The van der Waals surface area contributed by atoms with Crippen LogP contribution in [0.25, 0.3) is 11.1 Å². The van der Waals surface area contributed by atoms with E-state index >= 15 is 0 Å². The van der Waals surface area contributed by atoms with Crippen LogP contribution in [-0.4, -0.2) is 11.6 Å². The van der Waals surface area contributed by atoms with E-state index in [1.807, 2.05) is 84.9 Å². The lowest BCUT2D eigenvalue weighted by atomic mass is 9.73. The van der Waals surface area contributed by atoms with Gasteiger partial charge in [0.1, 0.15) is 0 Å². The van der Waals surface area contributed by atoms with Gasteiger partial charge >= 0.3 is 0 Å². The summed E-state index contributed by atoms with van der Waals surface area (Å²) in [5.74, 6) is 0.120. The van der Waals surface area contributed by atoms with Crippen LogP contribution in [0.5, 0.6) is 0 Å². The van der Waals surface area contributed by atoms with Crippen LogP contribution >= 0.6 is 0 Å². The third kappa shape index (κ3) is 4.40. The molecule has 0 radical (unpaired) electrons. The SMILES string of the molecule is CCC(C1=C/C(=C2/C=C(C(CC)c3ccccc3)C(=O)c3ccccc32)c2ccccc2C1=O)c1ccccc1. The van der Waals surface area contributed by atoms with Crippen molar-refractivity contribution in [2.24, 2.45) is 0 Å². The van der Waals surface area contributed by atoms with Crippen molar-refractivity contribution in [3.63, 3.8) is 0 Å². The van der Waals surface area contributed by atoms with E-state index < -0.39 is 0 Å². The minimum atomic E-state index is -0.0192. The van der Waals surface area contributed by atoms with Crippen LogP contribution in [-0.2, 0) is 0 Å². The molecule has 2 unspecified atom stereocenters. The summed E-state index contributed by atoms with van der Waals surface area (Å²) in [5, 5.41) is 0. The average Bonchev–Trinajstić information content (AvgIpc) is 3.01. The van der Waals surface area contributed by atoms with Crippen LogP contribution < -0.4 is 0 Å². The predicted octanol–water partition coefficient (Wildman–Crippen LogP) is 9.23. The van der Waals surface area contributed by atoms with E-state index in [-0.39, 0.29) is 23.4 Å². The molecule has 0 amide bonds. The number of Topliss-reactive ketones (excluding diaryl/α,β-unsaturated/α-hetero) is 2. The molecule has 0 aromatic heterocycles. The molecular formula is C38H32O2. The normalized spacial score (nSPS) is 17.9. The first-order chi connectivity index (χ1) is 19.6. The van der Waals surface area contributed by atoms with Gasteiger partial charge in [0, 0.05) is 34.1 Å². The number of carbonyl (C=O) groups excluding carboxylic acids is 2. The smallest absolute Gasteiger partial charge is 0.190 e. The maximum absolute atomic E-state index is 14.0. The number of hydrogen-bond donors (Lipinski definition) is 0. The van der Waals surface area contributed by atoms with E-state index in [4.69, 9.17) is 0 Å². The molecule has 0 bridgehead atoms. The summed E-state index contributed by atoms with van der Waals surface area (Å²) in [4.78, 5) is 27.9. The molecule has 2 atom stereocenters. The minimum absolute atomic E-state index is 0.0192. The van der Waals surface area contributed by atoms with Crippen LogP contribution in [0.4, 0.5) is 0 Å². The van der Waals surface area contributed by atoms with Gasteiger partial charge in [-0.1, -0.05) is 123 Å². The molecule has 2 nitrogen and oxygen atoms in total. The molecule has 0 N–H and O–H groups in total. The van der Waals surface area contributed by atoms with E-state index in [1.165, 1.54) is 0 Å². The second-order valence-electron chi connectivity index (χ2n) is 10.5. The fourth-order valence-corrected chi connectivity index (χ4v) is 6.34. The fourth-order valence-electron chi connectivity index (χ4n) is 6.34. The van der Waals surface area contributed by atoms with E-state index in [0.29, 0.717) is 0 Å². The Balaban J connectivity index is 1.64. The molecule has 6 rings (SSSR count). The largest absolute Gasteiger partial charge is 0.289 e. The van der Waals surface area contributed by atoms with Crippen molar-refractivity contribution < 1.29 is 9.59 Å². The highest BCUT2D eigenvalue weighted by Crippen LogP contribution is 2.45. The zero-order valence-corrected chi connectivity index (χ0v) is 22.9. The second-order valence-corrected chi connectivity index (χ2v) is 10.5. The molecule has 2 aliphatic carbocycles. The van der Waals surface area contributed by atoms with Crippen molar-refractivity contribution in [2.75, 3.05) is 0 Å². The van der Waals surface area contributed by atoms with Crippen molar-refractivity contribution in [1.29, 1.82) is 0 Å². The number of hydrogen-bond acceptors (Lipinski definition) is 2. The van der Waals surface area contributed by atoms with Crippen LogP contribution in [0.1, 0.15) is 81.5 Å². The van der Waals surface area contributed by atoms with Gasteiger partial charge in [0.15, 0.2) is 11.6 Å². The molecule has 40 heavy (non-hydrogen) atoms. The lowest BCUT2D eigenvalue weighted by molar-refractivity contribution is 0.101. The highest BCUT2D eigenvalue weighted by Gasteiger charge is 2.33. The van der Waals surface area contributed by atoms with Crippen molar-refractivity contribution in [3.05, 3.63) is 166 Å². The van der Waals surface area contributed by atoms with Gasteiger partial charge in [0.05, 0.1) is 0 Å². The summed E-state index contributed by atoms with van der Waals surface area (Å²) >= 11 is 0. The third-order valence-corrected chi connectivity index (χ3v) is 8.31. The minimum Gasteiger partial charge on any atom is -0.289 e. The van der Waals surface area contributed by atoms with Crippen LogP contribution in [0.3, 0.4) is 0 Å². The molecule has 0 spiro atoms. The summed E-state index contributed by atoms with van der Waals surface area (Å²) in [6.45, 7) is 4.27. The Morgan fingerprint density at radius 1 is 0.450 bits per heavy atom. The fraction of sp³-hybridized carbons (Fsp3) is 0.158. The topological polar surface area (TPSA) is 34.1 Å². The number of ketones is 2. The molecule has 0 saturated carbocycles. The number of fused-ring (bicyclic) bond motifs is 2. The maximum atomic E-state index is 14.0. The van der Waals surface area contributed by atoms with E-state index in [2.05, 4.69) is 50.3 Å². The maximum Gasteiger partial charge on any atom is 0.190 e. The first-order valence-corrected chi connectivity index (χ1v) is 14.2. The summed E-state index contributed by atoms with van der Waals surface area (Å²) < 4.78 is 0. The van der Waals surface area contributed by atoms with Gasteiger partial charge < -0.3 is 0 Å². The van der Waals surface area contributed by atoms with Crippen molar-refractivity contribution >= 4 is 22.7 Å². The summed E-state index contributed by atoms with van der Waals surface area (Å²) in [6.07, 6.45) is 5.83. The van der Waals surface area contributed by atoms with Gasteiger partial charge in [0.25, 0.3) is 0 Å². The quantitative estimate of drug-likeness (QED) is 0.254. The highest BCUT2D eigenvalue weighted by molar-refractivity contribution is 6.24. The van der Waals surface area contributed by atoms with Crippen LogP contribution in [0, 0.1) is 0 Å². The Kier molecular flexibility index (Phi) is 7.00. The predicted molar refractivity (Wildman–Crippen MR) is 163 cm³/mol. The van der Waals surface area contributed by atoms with Crippen LogP contribution in [0.2, 0.25) is 0 Å². The molecule has 0 aliphatic heterocycles. The lowest BCUT2D eigenvalue weighted by Crippen LogP contribution is -2.20. The van der Waals surface area contributed by atoms with Gasteiger partial charge in [-0.3, -0.25) is 9.59 Å². The Bertz CT molecular complexity index is 1560. The molecule has 0 heterocycles. The summed E-state index contributed by atoms with van der Waals surface area (Å²) in [5.41, 5.74) is 9.15. The van der Waals surface area contributed by atoms with Crippen molar-refractivity contribution in [1.82, 2.24) is 0 Å². The van der Waals surface area contributed by atoms with Crippen molar-refractivity contribution in [2.45, 2.75) is 38.5 Å². The Labute approximate surface area is 236 Å². The summed E-state index contributed by atoms with van der Waals surface area (Å²) in [7, 11) is 0. The number of rotatable bonds is 6. The second kappa shape index (κ2) is 10.9. The van der Waals surface area contributed by atoms with Gasteiger partial charge in [0.2, 0.25) is 0 Å². The number of allylic oxidation sites excluding steroid dienone is 6. The molecule has 0 saturated heterocycles. The third-order valence-electron chi connectivity index (χ3n) is 8.31. The standard InChI is InChI=1S/C38H32O2/c1-3-27(25-15-7-5-8-16-25)35-23-33(29-19-11-13-21-31(29)37(35)39)34-24-36(28(4-2)26-17-9-6-10-18-26)38(40)32-22-14-12-20-30(32)34/h5-24,27-28H,3-4H2,1-2H3/b34-33+. The van der Waals surface area contributed by atoms with Gasteiger partial charge in [-0.05, 0) is 58.4 Å². The first kappa shape index (κ1) is 25.7. The zero-order chi connectivity index (χ0) is 27.6. The Morgan fingerprint density at radius 2 is 0.775 bits per heavy atom. The lowest BCUT2D eigenvalue weighted by Gasteiger charge is -2.29. The molecule has 0 fully saturated rings. The molecule has 196 valence electrons. The van der Waals surface area contributed by atoms with Crippen molar-refractivity contribution in [3.8, 4) is 0 Å². The monoisotopic (exact) mass is 520 g/mol. The first-order valence-electron chi connectivity index (χ1n) is 14.2. The molecular weight excluding hydrogens is 488 g/mol. The summed E-state index contributed by atoms with van der Waals surface area (Å²) in [6, 6.07) is 36.4. The van der Waals surface area contributed by atoms with Crippen LogP contribution in [0.15, 0.2) is 132 Å². The van der Waals surface area contributed by atoms with Gasteiger partial charge in [-0.15, -0.1) is 0 Å². The Hall–Kier alpha value is -4.56. The van der Waals surface area contributed by atoms with E-state index in [1.54, 1.807) is 0 Å². The van der Waals surface area contributed by atoms with E-state index in [0.717, 1.165) is 68.5 Å². The molecule has 2 aliphatic rings. The number of benzene rings is 4. The average molecular weight is 521 g/mol. The Morgan fingerprint density at radius 3 is 1.12 bits per heavy atom. The van der Waals surface area contributed by atoms with Gasteiger partial charge in [-0.2, -0.15) is 0 Å². The van der Waals surface area contributed by atoms with Gasteiger partial charge in [-0.25, -0.2) is 0 Å². The highest BCUT2D eigenvalue weighted by atomic mass is 16.1. The molecule has 4 aromatic carbocycles.